The summed E-state index contributed by atoms with van der Waals surface area (Å²) in [6, 6.07) is 22.3. The number of nitrogens with zero attached hydrogens (tertiary/aromatic N) is 6. The van der Waals surface area contributed by atoms with Crippen LogP contribution in [0.25, 0.3) is 0 Å². The summed E-state index contributed by atoms with van der Waals surface area (Å²) >= 11 is 12.4. The first-order valence-corrected chi connectivity index (χ1v) is 10.8. The highest BCUT2D eigenvalue weighted by Gasteiger charge is 2.29. The van der Waals surface area contributed by atoms with Crippen LogP contribution in [0.5, 0.6) is 0 Å². The maximum atomic E-state index is 12.8. The van der Waals surface area contributed by atoms with Gasteiger partial charge in [-0.25, -0.2) is 14.8 Å². The predicted octanol–water partition coefficient (Wildman–Crippen LogP) is 6.84. The number of benzene rings is 3. The molecule has 4 aromatic rings. The van der Waals surface area contributed by atoms with Crippen LogP contribution in [0.1, 0.15) is 5.56 Å². The number of nitrogens with one attached hydrogen (secondary N) is 1. The largest absolute Gasteiger partial charge is 0.404 e. The first kappa shape index (κ1) is 23.6. The van der Waals surface area contributed by atoms with E-state index in [2.05, 4.69) is 26.5 Å². The van der Waals surface area contributed by atoms with E-state index in [9.17, 15) is 9.70 Å². The number of rotatable bonds is 6. The molecule has 3 aromatic carbocycles. The third kappa shape index (κ3) is 5.35. The second-order valence-corrected chi connectivity index (χ2v) is 7.82. The lowest BCUT2D eigenvalue weighted by molar-refractivity contribution is 0.254. The molecule has 1 heterocycles. The van der Waals surface area contributed by atoms with Crippen molar-refractivity contribution in [1.29, 1.82) is 5.26 Å². The molecule has 1 aromatic heterocycles. The molecule has 0 fully saturated rings. The Morgan fingerprint density at radius 2 is 1.69 bits per heavy atom. The van der Waals surface area contributed by atoms with Crippen molar-refractivity contribution in [2.24, 2.45) is 5.18 Å². The van der Waals surface area contributed by atoms with Gasteiger partial charge < -0.3 is 5.32 Å². The number of hydrazine groups is 1. The normalized spacial score (nSPS) is 10.2. The van der Waals surface area contributed by atoms with Gasteiger partial charge in [0.1, 0.15) is 0 Å². The van der Waals surface area contributed by atoms with E-state index in [0.717, 1.165) is 5.01 Å². The fourth-order valence-corrected chi connectivity index (χ4v) is 3.52. The third-order valence-corrected chi connectivity index (χ3v) is 5.31. The average molecular weight is 504 g/mol. The molecule has 35 heavy (non-hydrogen) atoms. The monoisotopic (exact) mass is 503 g/mol. The summed E-state index contributed by atoms with van der Waals surface area (Å²) in [6.07, 6.45) is 1.49. The molecule has 1 N–H and O–H groups in total. The summed E-state index contributed by atoms with van der Waals surface area (Å²) < 4.78 is 0. The van der Waals surface area contributed by atoms with Crippen LogP contribution in [0.2, 0.25) is 10.0 Å². The molecular formula is C24H15Cl2N7O2. The number of hydrogen-bond acceptors (Lipinski definition) is 7. The Hall–Kier alpha value is -4.52. The van der Waals surface area contributed by atoms with E-state index in [1.54, 1.807) is 78.9 Å². The number of aromatic nitrogens is 2. The Balaban J connectivity index is 1.82. The lowest BCUT2D eigenvalue weighted by atomic mass is 10.2. The van der Waals surface area contributed by atoms with Gasteiger partial charge in [-0.2, -0.15) is 15.3 Å². The third-order valence-electron chi connectivity index (χ3n) is 4.74. The minimum absolute atomic E-state index is 0.205. The van der Waals surface area contributed by atoms with Crippen molar-refractivity contribution in [2.45, 2.75) is 0 Å². The van der Waals surface area contributed by atoms with Gasteiger partial charge in [-0.15, -0.1) is 4.91 Å². The predicted molar refractivity (Wildman–Crippen MR) is 135 cm³/mol. The molecule has 0 saturated carbocycles. The van der Waals surface area contributed by atoms with E-state index in [4.69, 9.17) is 28.5 Å². The van der Waals surface area contributed by atoms with E-state index < -0.39 is 6.03 Å². The average Bonchev–Trinajstić information content (AvgIpc) is 2.89. The number of urea groups is 1. The van der Waals surface area contributed by atoms with Crippen molar-refractivity contribution in [3.8, 4) is 6.07 Å². The molecule has 9 nitrogen and oxygen atoms in total. The number of amides is 2. The van der Waals surface area contributed by atoms with Gasteiger partial charge in [0, 0.05) is 28.2 Å². The Kier molecular flexibility index (Phi) is 7.16. The number of para-hydroxylation sites is 1. The van der Waals surface area contributed by atoms with Gasteiger partial charge >= 0.3 is 6.03 Å². The fourth-order valence-electron chi connectivity index (χ4n) is 3.18. The molecule has 0 aliphatic heterocycles. The summed E-state index contributed by atoms with van der Waals surface area (Å²) in [5, 5.41) is 17.8. The zero-order valence-electron chi connectivity index (χ0n) is 17.8. The summed E-state index contributed by atoms with van der Waals surface area (Å²) in [4.78, 5) is 33.0. The standard InChI is InChI=1S/C24H15Cl2N7O2/c25-17-7-11-19(12-8-17)32(33(24(34)31-35)21-4-2-1-3-20(21)26)22-13-14-28-23(30-22)29-18-9-5-16(15-27)6-10-18/h1-14H,(H,28,29,30). The van der Waals surface area contributed by atoms with Gasteiger partial charge in [0.2, 0.25) is 5.95 Å². The lowest BCUT2D eigenvalue weighted by Crippen LogP contribution is -2.43. The minimum atomic E-state index is -1.12. The summed E-state index contributed by atoms with van der Waals surface area (Å²) in [5.74, 6) is 0.437. The van der Waals surface area contributed by atoms with Gasteiger partial charge in [-0.05, 0) is 60.7 Å². The van der Waals surface area contributed by atoms with Gasteiger partial charge in [-0.3, -0.25) is 0 Å². The Labute approximate surface area is 210 Å². The van der Waals surface area contributed by atoms with Crippen molar-refractivity contribution in [3.63, 3.8) is 0 Å². The van der Waals surface area contributed by atoms with Crippen LogP contribution < -0.4 is 15.3 Å². The van der Waals surface area contributed by atoms with E-state index >= 15 is 0 Å². The van der Waals surface area contributed by atoms with Crippen molar-refractivity contribution in [1.82, 2.24) is 9.97 Å². The van der Waals surface area contributed by atoms with E-state index in [0.29, 0.717) is 22.0 Å². The maximum absolute atomic E-state index is 12.8. The lowest BCUT2D eigenvalue weighted by Gasteiger charge is -2.34. The zero-order chi connectivity index (χ0) is 24.8. The van der Waals surface area contributed by atoms with E-state index in [-0.39, 0.29) is 22.5 Å². The molecule has 0 radical (unpaired) electrons. The van der Waals surface area contributed by atoms with Crippen LogP contribution >= 0.6 is 23.2 Å². The molecule has 0 unspecified atom stereocenters. The van der Waals surface area contributed by atoms with Crippen LogP contribution in [0.3, 0.4) is 0 Å². The fraction of sp³-hybridized carbons (Fsp3) is 0. The molecule has 11 heteroatoms. The maximum Gasteiger partial charge on any atom is 0.404 e. The molecule has 4 rings (SSSR count). The topological polar surface area (TPSA) is 115 Å². The summed E-state index contributed by atoms with van der Waals surface area (Å²) in [5.41, 5.74) is 1.82. The number of carbonyl (C=O) groups is 1. The van der Waals surface area contributed by atoms with Crippen LogP contribution in [0, 0.1) is 16.2 Å². The van der Waals surface area contributed by atoms with Crippen LogP contribution in [0.4, 0.5) is 33.6 Å². The molecule has 172 valence electrons. The molecule has 0 aliphatic carbocycles. The Morgan fingerprint density at radius 3 is 2.34 bits per heavy atom. The first-order valence-electron chi connectivity index (χ1n) is 10.1. The molecule has 0 atom stereocenters. The summed E-state index contributed by atoms with van der Waals surface area (Å²) in [6.45, 7) is 0. The Morgan fingerprint density at radius 1 is 0.971 bits per heavy atom. The second-order valence-electron chi connectivity index (χ2n) is 6.98. The van der Waals surface area contributed by atoms with Crippen LogP contribution in [0.15, 0.2) is 90.2 Å². The van der Waals surface area contributed by atoms with Gasteiger partial charge in [0.05, 0.1) is 28.0 Å². The Bertz CT molecular complexity index is 1410. The van der Waals surface area contributed by atoms with E-state index in [1.807, 2.05) is 0 Å². The van der Waals surface area contributed by atoms with Crippen LogP contribution in [-0.2, 0) is 0 Å². The highest BCUT2D eigenvalue weighted by Crippen LogP contribution is 2.35. The van der Waals surface area contributed by atoms with Crippen molar-refractivity contribution < 1.29 is 4.79 Å². The van der Waals surface area contributed by atoms with Gasteiger partial charge in [0.25, 0.3) is 0 Å². The number of nitriles is 1. The molecular weight excluding hydrogens is 489 g/mol. The smallest absolute Gasteiger partial charge is 0.324 e. The minimum Gasteiger partial charge on any atom is -0.324 e. The number of hydrogen-bond donors (Lipinski definition) is 1. The summed E-state index contributed by atoms with van der Waals surface area (Å²) in [7, 11) is 0. The van der Waals surface area contributed by atoms with Gasteiger partial charge in [0.15, 0.2) is 5.82 Å². The molecule has 0 saturated heterocycles. The van der Waals surface area contributed by atoms with Crippen molar-refractivity contribution in [3.05, 3.63) is 106 Å². The zero-order valence-corrected chi connectivity index (χ0v) is 19.4. The number of halogens is 2. The number of carbonyl (C=O) groups excluding carboxylic acids is 1. The van der Waals surface area contributed by atoms with Gasteiger partial charge in [-0.1, -0.05) is 35.3 Å². The quantitative estimate of drug-likeness (QED) is 0.226. The molecule has 0 spiro atoms. The highest BCUT2D eigenvalue weighted by atomic mass is 35.5. The van der Waals surface area contributed by atoms with Crippen molar-refractivity contribution >= 4 is 58.1 Å². The SMILES string of the molecule is N#Cc1ccc(Nc2nccc(N(c3ccc(Cl)cc3)N(C(=O)N=O)c3ccccc3Cl)n2)cc1. The second kappa shape index (κ2) is 10.6. The number of anilines is 5. The number of nitroso groups, excluding NO2 is 1. The molecule has 0 aliphatic rings. The first-order chi connectivity index (χ1) is 17.0. The molecule has 0 bridgehead atoms. The van der Waals surface area contributed by atoms with Crippen molar-refractivity contribution in [2.75, 3.05) is 15.3 Å². The molecule has 2 amide bonds. The highest BCUT2D eigenvalue weighted by molar-refractivity contribution is 6.34. The van der Waals surface area contributed by atoms with Crippen LogP contribution in [-0.4, -0.2) is 16.0 Å². The van der Waals surface area contributed by atoms with E-state index in [1.165, 1.54) is 11.2 Å².